The van der Waals surface area contributed by atoms with Crippen molar-refractivity contribution in [1.29, 1.82) is 0 Å². The summed E-state index contributed by atoms with van der Waals surface area (Å²) in [6, 6.07) is 0.0814. The minimum atomic E-state index is -3.42. The molecule has 1 aliphatic rings. The maximum Gasteiger partial charge on any atom is 0.243 e. The summed E-state index contributed by atoms with van der Waals surface area (Å²) in [5.74, 6) is 0. The highest BCUT2D eigenvalue weighted by Crippen LogP contribution is 2.20. The van der Waals surface area contributed by atoms with Gasteiger partial charge in [0, 0.05) is 18.8 Å². The number of nitrogens with zero attached hydrogens (tertiary/aromatic N) is 2. The van der Waals surface area contributed by atoms with Crippen molar-refractivity contribution in [1.82, 2.24) is 14.5 Å². The van der Waals surface area contributed by atoms with Crippen LogP contribution >= 0.6 is 0 Å². The van der Waals surface area contributed by atoms with Crippen LogP contribution in [0.1, 0.15) is 25.7 Å². The first kappa shape index (κ1) is 12.5. The van der Waals surface area contributed by atoms with Crippen molar-refractivity contribution in [3.05, 3.63) is 12.4 Å². The van der Waals surface area contributed by atoms with Crippen molar-refractivity contribution < 1.29 is 8.42 Å². The Kier molecular flexibility index (Phi) is 3.80. The van der Waals surface area contributed by atoms with Crippen molar-refractivity contribution in [2.45, 2.75) is 43.2 Å². The van der Waals surface area contributed by atoms with Gasteiger partial charge in [-0.2, -0.15) is 5.10 Å². The van der Waals surface area contributed by atoms with E-state index in [1.165, 1.54) is 12.4 Å². The van der Waals surface area contributed by atoms with Crippen molar-refractivity contribution in [3.8, 4) is 0 Å². The fraction of sp³-hybridized carbons (Fsp3) is 0.700. The average Bonchev–Trinajstić information content (AvgIpc) is 2.88. The Morgan fingerprint density at radius 2 is 2.18 bits per heavy atom. The van der Waals surface area contributed by atoms with Gasteiger partial charge in [-0.3, -0.25) is 4.68 Å². The summed E-state index contributed by atoms with van der Waals surface area (Å²) < 4.78 is 28.3. The number of nitrogens with one attached hydrogen (secondary N) is 1. The molecule has 96 valence electrons. The van der Waals surface area contributed by atoms with Crippen LogP contribution in [-0.2, 0) is 16.6 Å². The van der Waals surface area contributed by atoms with Crippen LogP contribution in [0.5, 0.6) is 0 Å². The zero-order valence-electron chi connectivity index (χ0n) is 9.67. The molecule has 1 fully saturated rings. The Labute approximate surface area is 101 Å². The number of aromatic nitrogens is 2. The van der Waals surface area contributed by atoms with Crippen LogP contribution in [0, 0.1) is 0 Å². The molecule has 17 heavy (non-hydrogen) atoms. The Hall–Kier alpha value is -0.920. The Bertz CT molecular complexity index is 462. The highest BCUT2D eigenvalue weighted by atomic mass is 32.2. The van der Waals surface area contributed by atoms with Crippen LogP contribution in [0.15, 0.2) is 17.3 Å². The van der Waals surface area contributed by atoms with Crippen LogP contribution in [0.3, 0.4) is 0 Å². The topological polar surface area (TPSA) is 90.0 Å². The van der Waals surface area contributed by atoms with E-state index in [-0.39, 0.29) is 10.9 Å². The van der Waals surface area contributed by atoms with Crippen LogP contribution < -0.4 is 10.5 Å². The maximum absolute atomic E-state index is 12.0. The van der Waals surface area contributed by atoms with E-state index in [1.54, 1.807) is 4.68 Å². The summed E-state index contributed by atoms with van der Waals surface area (Å²) in [5.41, 5.74) is 5.39. The van der Waals surface area contributed by atoms with Crippen LogP contribution in [0.2, 0.25) is 0 Å². The highest BCUT2D eigenvalue weighted by Gasteiger charge is 2.23. The van der Waals surface area contributed by atoms with Gasteiger partial charge in [-0.15, -0.1) is 0 Å². The molecule has 1 aliphatic carbocycles. The third kappa shape index (κ3) is 3.05. The molecule has 7 heteroatoms. The molecule has 0 spiro atoms. The predicted molar refractivity (Wildman–Crippen MR) is 63.9 cm³/mol. The van der Waals surface area contributed by atoms with E-state index in [0.717, 1.165) is 25.7 Å². The fourth-order valence-electron chi connectivity index (χ4n) is 2.07. The van der Waals surface area contributed by atoms with E-state index in [4.69, 9.17) is 5.73 Å². The van der Waals surface area contributed by atoms with Crippen LogP contribution in [0.4, 0.5) is 0 Å². The summed E-state index contributed by atoms with van der Waals surface area (Å²) in [7, 11) is -3.42. The van der Waals surface area contributed by atoms with Crippen molar-refractivity contribution in [2.24, 2.45) is 5.73 Å². The Morgan fingerprint density at radius 1 is 1.47 bits per heavy atom. The summed E-state index contributed by atoms with van der Waals surface area (Å²) in [5, 5.41) is 3.96. The maximum atomic E-state index is 12.0. The molecule has 0 saturated heterocycles. The molecule has 0 aliphatic heterocycles. The molecule has 1 aromatic rings. The number of rotatable bonds is 5. The summed E-state index contributed by atoms with van der Waals surface area (Å²) in [6.45, 7) is 0.968. The normalized spacial score (nSPS) is 17.7. The monoisotopic (exact) mass is 258 g/mol. The van der Waals surface area contributed by atoms with Crippen molar-refractivity contribution in [3.63, 3.8) is 0 Å². The van der Waals surface area contributed by atoms with Gasteiger partial charge in [-0.05, 0) is 12.8 Å². The molecule has 1 aromatic heterocycles. The van der Waals surface area contributed by atoms with E-state index in [9.17, 15) is 8.42 Å². The molecule has 0 amide bonds. The fourth-order valence-corrected chi connectivity index (χ4v) is 3.33. The molecule has 0 radical (unpaired) electrons. The second-order valence-corrected chi connectivity index (χ2v) is 6.04. The van der Waals surface area contributed by atoms with Gasteiger partial charge in [0.2, 0.25) is 10.0 Å². The lowest BCUT2D eigenvalue weighted by atomic mass is 10.3. The van der Waals surface area contributed by atoms with E-state index >= 15 is 0 Å². The van der Waals surface area contributed by atoms with E-state index in [2.05, 4.69) is 9.82 Å². The molecule has 1 saturated carbocycles. The van der Waals surface area contributed by atoms with Crippen molar-refractivity contribution >= 4 is 10.0 Å². The first-order valence-electron chi connectivity index (χ1n) is 5.86. The lowest BCUT2D eigenvalue weighted by Crippen LogP contribution is -2.32. The van der Waals surface area contributed by atoms with Gasteiger partial charge >= 0.3 is 0 Å². The lowest BCUT2D eigenvalue weighted by molar-refractivity contribution is 0.551. The molecule has 0 aromatic carbocycles. The summed E-state index contributed by atoms with van der Waals surface area (Å²) in [6.07, 6.45) is 6.93. The largest absolute Gasteiger partial charge is 0.329 e. The Balaban J connectivity index is 2.07. The summed E-state index contributed by atoms with van der Waals surface area (Å²) >= 11 is 0. The first-order chi connectivity index (χ1) is 8.12. The molecule has 0 bridgehead atoms. The summed E-state index contributed by atoms with van der Waals surface area (Å²) in [4.78, 5) is 0.220. The van der Waals surface area contributed by atoms with E-state index in [1.807, 2.05) is 0 Å². The molecule has 3 N–H and O–H groups in total. The molecule has 0 atom stereocenters. The highest BCUT2D eigenvalue weighted by molar-refractivity contribution is 7.89. The van der Waals surface area contributed by atoms with E-state index in [0.29, 0.717) is 13.1 Å². The molecule has 6 nitrogen and oxygen atoms in total. The predicted octanol–water partition coefficient (Wildman–Crippen LogP) is 0.0627. The minimum absolute atomic E-state index is 0.0814. The van der Waals surface area contributed by atoms with Crippen molar-refractivity contribution in [2.75, 3.05) is 6.54 Å². The second-order valence-electron chi connectivity index (χ2n) is 4.33. The van der Waals surface area contributed by atoms with Gasteiger partial charge in [0.25, 0.3) is 0 Å². The van der Waals surface area contributed by atoms with Crippen LogP contribution in [0.25, 0.3) is 0 Å². The third-order valence-electron chi connectivity index (χ3n) is 2.96. The molecule has 0 unspecified atom stereocenters. The third-order valence-corrected chi connectivity index (χ3v) is 4.43. The van der Waals surface area contributed by atoms with Gasteiger partial charge < -0.3 is 5.73 Å². The number of sulfonamides is 1. The van der Waals surface area contributed by atoms with Gasteiger partial charge in [0.05, 0.1) is 12.7 Å². The first-order valence-corrected chi connectivity index (χ1v) is 7.35. The number of hydrogen-bond donors (Lipinski definition) is 2. The zero-order valence-corrected chi connectivity index (χ0v) is 10.5. The smallest absolute Gasteiger partial charge is 0.243 e. The molecular weight excluding hydrogens is 240 g/mol. The zero-order chi connectivity index (χ0) is 12.3. The minimum Gasteiger partial charge on any atom is -0.329 e. The molecule has 1 heterocycles. The quantitative estimate of drug-likeness (QED) is 0.781. The lowest BCUT2D eigenvalue weighted by Gasteiger charge is -2.10. The van der Waals surface area contributed by atoms with Gasteiger partial charge in [0.15, 0.2) is 0 Å². The average molecular weight is 258 g/mol. The van der Waals surface area contributed by atoms with E-state index < -0.39 is 10.0 Å². The van der Waals surface area contributed by atoms with Gasteiger partial charge in [-0.1, -0.05) is 12.8 Å². The standard InChI is InChI=1S/C10H18N4O2S/c11-5-6-14-8-10(7-12-14)17(15,16)13-9-3-1-2-4-9/h7-9,13H,1-6,11H2. The number of nitrogens with two attached hydrogens (primary N) is 1. The second kappa shape index (κ2) is 5.16. The Morgan fingerprint density at radius 3 is 2.82 bits per heavy atom. The van der Waals surface area contributed by atoms with Gasteiger partial charge in [0.1, 0.15) is 4.90 Å². The van der Waals surface area contributed by atoms with Crippen LogP contribution in [-0.4, -0.2) is 30.8 Å². The van der Waals surface area contributed by atoms with Gasteiger partial charge in [-0.25, -0.2) is 13.1 Å². The molecular formula is C10H18N4O2S. The SMILES string of the molecule is NCCn1cc(S(=O)(=O)NC2CCCC2)cn1. The number of hydrogen-bond acceptors (Lipinski definition) is 4. The molecule has 2 rings (SSSR count).